The maximum absolute atomic E-state index is 4.67. The molecule has 0 aliphatic carbocycles. The number of rotatable bonds is 3. The fraction of sp³-hybridized carbons (Fsp3) is 0.222. The minimum absolute atomic E-state index is 0.716. The monoisotopic (exact) mass is 333 g/mol. The van der Waals surface area contributed by atoms with E-state index in [9.17, 15) is 0 Å². The Kier molecular flexibility index (Phi) is 3.49. The molecular weight excluding hydrogens is 314 g/mol. The fourth-order valence-corrected chi connectivity index (χ4v) is 2.86. The molecule has 4 rings (SSSR count). The molecule has 4 heterocycles. The molecule has 0 amide bonds. The van der Waals surface area contributed by atoms with Gasteiger partial charge in [0, 0.05) is 49.6 Å². The molecule has 0 N–H and O–H groups in total. The van der Waals surface area contributed by atoms with Crippen LogP contribution >= 0.6 is 0 Å². The van der Waals surface area contributed by atoms with E-state index in [0.29, 0.717) is 5.78 Å². The smallest absolute Gasteiger partial charge is 0.234 e. The van der Waals surface area contributed by atoms with Crippen LogP contribution in [0.3, 0.4) is 0 Å². The molecule has 4 aromatic rings. The normalized spacial score (nSPS) is 11.8. The zero-order chi connectivity index (χ0) is 17.6. The van der Waals surface area contributed by atoms with E-state index < -0.39 is 0 Å². The van der Waals surface area contributed by atoms with Gasteiger partial charge in [-0.25, -0.2) is 15.0 Å². The second-order valence-corrected chi connectivity index (χ2v) is 6.21. The number of hydrogen-bond acceptors (Lipinski definition) is 4. The SMILES string of the molecule is Cc1cc(C)n2cc(/C=C/c3nc(-c4cnn(C)c4)cn3C)nc2n1. The summed E-state index contributed by atoms with van der Waals surface area (Å²) in [6, 6.07) is 2.04. The van der Waals surface area contributed by atoms with Gasteiger partial charge >= 0.3 is 0 Å². The Bertz CT molecular complexity index is 1090. The van der Waals surface area contributed by atoms with Crippen molar-refractivity contribution in [3.63, 3.8) is 0 Å². The Labute approximate surface area is 145 Å². The Morgan fingerprint density at radius 2 is 1.80 bits per heavy atom. The third-order valence-electron chi connectivity index (χ3n) is 4.10. The maximum atomic E-state index is 4.67. The molecule has 0 bridgehead atoms. The van der Waals surface area contributed by atoms with Crippen LogP contribution in [-0.4, -0.2) is 33.7 Å². The Balaban J connectivity index is 1.66. The lowest BCUT2D eigenvalue weighted by Gasteiger charge is -1.98. The van der Waals surface area contributed by atoms with E-state index in [1.807, 2.05) is 73.0 Å². The molecule has 7 nitrogen and oxygen atoms in total. The highest BCUT2D eigenvalue weighted by Crippen LogP contribution is 2.18. The number of aromatic nitrogens is 7. The molecule has 0 saturated heterocycles. The first-order valence-corrected chi connectivity index (χ1v) is 8.03. The van der Waals surface area contributed by atoms with Crippen molar-refractivity contribution in [1.82, 2.24) is 33.7 Å². The predicted octanol–water partition coefficient (Wildman–Crippen LogP) is 2.65. The molecule has 0 saturated carbocycles. The summed E-state index contributed by atoms with van der Waals surface area (Å²) in [5.74, 6) is 1.57. The summed E-state index contributed by atoms with van der Waals surface area (Å²) in [7, 11) is 3.87. The van der Waals surface area contributed by atoms with Crippen LogP contribution in [-0.2, 0) is 14.1 Å². The van der Waals surface area contributed by atoms with Crippen molar-refractivity contribution in [2.45, 2.75) is 13.8 Å². The fourth-order valence-electron chi connectivity index (χ4n) is 2.86. The van der Waals surface area contributed by atoms with Crippen LogP contribution < -0.4 is 0 Å². The largest absolute Gasteiger partial charge is 0.334 e. The summed E-state index contributed by atoms with van der Waals surface area (Å²) >= 11 is 0. The summed E-state index contributed by atoms with van der Waals surface area (Å²) < 4.78 is 5.75. The molecule has 0 fully saturated rings. The zero-order valence-electron chi connectivity index (χ0n) is 14.7. The van der Waals surface area contributed by atoms with E-state index in [2.05, 4.69) is 27.0 Å². The summed E-state index contributed by atoms with van der Waals surface area (Å²) in [5, 5.41) is 4.19. The van der Waals surface area contributed by atoms with Crippen molar-refractivity contribution < 1.29 is 0 Å². The maximum Gasteiger partial charge on any atom is 0.234 e. The van der Waals surface area contributed by atoms with Gasteiger partial charge in [-0.05, 0) is 32.1 Å². The zero-order valence-corrected chi connectivity index (χ0v) is 14.7. The first kappa shape index (κ1) is 15.3. The van der Waals surface area contributed by atoms with Gasteiger partial charge in [0.2, 0.25) is 5.78 Å². The lowest BCUT2D eigenvalue weighted by molar-refractivity contribution is 0.768. The standard InChI is InChI=1S/C18H19N7/c1-12-7-13(2)25-10-15(21-18(25)20-12)5-6-17-22-16(11-23(17)3)14-8-19-24(4)9-14/h5-11H,1-4H3/b6-5+. The molecule has 4 aromatic heterocycles. The average molecular weight is 333 g/mol. The highest BCUT2D eigenvalue weighted by Gasteiger charge is 2.08. The second-order valence-electron chi connectivity index (χ2n) is 6.21. The molecule has 0 spiro atoms. The number of fused-ring (bicyclic) bond motifs is 1. The third kappa shape index (κ3) is 2.84. The van der Waals surface area contributed by atoms with Crippen molar-refractivity contribution >= 4 is 17.9 Å². The third-order valence-corrected chi connectivity index (χ3v) is 4.10. The van der Waals surface area contributed by atoms with Gasteiger partial charge in [0.05, 0.1) is 17.6 Å². The van der Waals surface area contributed by atoms with E-state index in [1.165, 1.54) is 0 Å². The van der Waals surface area contributed by atoms with E-state index in [0.717, 1.165) is 34.2 Å². The van der Waals surface area contributed by atoms with Crippen molar-refractivity contribution in [3.8, 4) is 11.3 Å². The Hall–Kier alpha value is -3.22. The van der Waals surface area contributed by atoms with Gasteiger partial charge in [-0.3, -0.25) is 9.08 Å². The van der Waals surface area contributed by atoms with Crippen LogP contribution in [0.4, 0.5) is 0 Å². The first-order chi connectivity index (χ1) is 12.0. The average Bonchev–Trinajstić information content (AvgIpc) is 3.24. The van der Waals surface area contributed by atoms with Crippen molar-refractivity contribution in [1.29, 1.82) is 0 Å². The molecule has 0 aliphatic heterocycles. The highest BCUT2D eigenvalue weighted by atomic mass is 15.2. The van der Waals surface area contributed by atoms with Crippen molar-refractivity contribution in [2.24, 2.45) is 14.1 Å². The minimum atomic E-state index is 0.716. The molecular formula is C18H19N7. The minimum Gasteiger partial charge on any atom is -0.334 e. The lowest BCUT2D eigenvalue weighted by atomic mass is 10.3. The first-order valence-electron chi connectivity index (χ1n) is 8.03. The van der Waals surface area contributed by atoms with Gasteiger partial charge in [-0.1, -0.05) is 0 Å². The summed E-state index contributed by atoms with van der Waals surface area (Å²) in [5.41, 5.74) is 4.84. The lowest BCUT2D eigenvalue weighted by Crippen LogP contribution is -1.94. The van der Waals surface area contributed by atoms with Crippen LogP contribution in [0, 0.1) is 13.8 Å². The Morgan fingerprint density at radius 3 is 2.56 bits per heavy atom. The van der Waals surface area contributed by atoms with Crippen LogP contribution in [0.2, 0.25) is 0 Å². The molecule has 0 unspecified atom stereocenters. The topological polar surface area (TPSA) is 65.8 Å². The van der Waals surface area contributed by atoms with Crippen LogP contribution in [0.15, 0.2) is 30.9 Å². The molecule has 126 valence electrons. The molecule has 25 heavy (non-hydrogen) atoms. The molecule has 0 atom stereocenters. The Morgan fingerprint density at radius 1 is 0.960 bits per heavy atom. The molecule has 0 aromatic carbocycles. The van der Waals surface area contributed by atoms with E-state index in [1.54, 1.807) is 4.68 Å². The quantitative estimate of drug-likeness (QED) is 0.578. The summed E-state index contributed by atoms with van der Waals surface area (Å²) in [6.07, 6.45) is 11.7. The van der Waals surface area contributed by atoms with Crippen LogP contribution in [0.1, 0.15) is 22.9 Å². The van der Waals surface area contributed by atoms with Gasteiger partial charge in [-0.2, -0.15) is 5.10 Å². The molecule has 0 radical (unpaired) electrons. The number of hydrogen-bond donors (Lipinski definition) is 0. The number of imidazole rings is 2. The number of nitrogens with zero attached hydrogens (tertiary/aromatic N) is 7. The van der Waals surface area contributed by atoms with Crippen LogP contribution in [0.25, 0.3) is 29.2 Å². The van der Waals surface area contributed by atoms with Crippen molar-refractivity contribution in [3.05, 3.63) is 53.8 Å². The number of aryl methyl sites for hydroxylation is 4. The highest BCUT2D eigenvalue weighted by molar-refractivity contribution is 5.68. The van der Waals surface area contributed by atoms with E-state index in [-0.39, 0.29) is 0 Å². The van der Waals surface area contributed by atoms with Gasteiger partial charge < -0.3 is 4.57 Å². The summed E-state index contributed by atoms with van der Waals surface area (Å²) in [4.78, 5) is 13.7. The predicted molar refractivity (Wildman–Crippen MR) is 96.8 cm³/mol. The van der Waals surface area contributed by atoms with E-state index in [4.69, 9.17) is 0 Å². The second kappa shape index (κ2) is 5.70. The van der Waals surface area contributed by atoms with Crippen LogP contribution in [0.5, 0.6) is 0 Å². The van der Waals surface area contributed by atoms with Gasteiger partial charge in [0.25, 0.3) is 0 Å². The van der Waals surface area contributed by atoms with Gasteiger partial charge in [0.15, 0.2) is 0 Å². The van der Waals surface area contributed by atoms with E-state index >= 15 is 0 Å². The van der Waals surface area contributed by atoms with Gasteiger partial charge in [-0.15, -0.1) is 0 Å². The molecule has 7 heteroatoms. The summed E-state index contributed by atoms with van der Waals surface area (Å²) in [6.45, 7) is 4.03. The van der Waals surface area contributed by atoms with Crippen molar-refractivity contribution in [2.75, 3.05) is 0 Å². The van der Waals surface area contributed by atoms with Gasteiger partial charge in [0.1, 0.15) is 5.82 Å². The molecule has 0 aliphatic rings.